The minimum absolute atomic E-state index is 0.437. The number of anilines is 2. The molecular weight excluding hydrogens is 418 g/mol. The topological polar surface area (TPSA) is 119 Å². The van der Waals surface area contributed by atoms with Gasteiger partial charge in [0.2, 0.25) is 5.95 Å². The van der Waals surface area contributed by atoms with Crippen LogP contribution in [-0.2, 0) is 0 Å². The minimum atomic E-state index is -0.437. The van der Waals surface area contributed by atoms with E-state index in [9.17, 15) is 4.79 Å². The lowest BCUT2D eigenvalue weighted by atomic mass is 10.1. The van der Waals surface area contributed by atoms with E-state index in [1.807, 2.05) is 30.6 Å². The first-order chi connectivity index (χ1) is 16.1. The molecule has 4 N–H and O–H groups in total. The summed E-state index contributed by atoms with van der Waals surface area (Å²) in [6.07, 6.45) is 5.40. The highest BCUT2D eigenvalue weighted by Gasteiger charge is 2.21. The van der Waals surface area contributed by atoms with Crippen molar-refractivity contribution in [3.63, 3.8) is 0 Å². The number of nitrogens with two attached hydrogens (primary N) is 1. The largest absolute Gasteiger partial charge is 0.365 e. The van der Waals surface area contributed by atoms with Gasteiger partial charge >= 0.3 is 0 Å². The van der Waals surface area contributed by atoms with Crippen molar-refractivity contribution in [3.05, 3.63) is 42.4 Å². The van der Waals surface area contributed by atoms with Crippen molar-refractivity contribution in [1.29, 1.82) is 0 Å². The number of hydrogen-bond donors (Lipinski definition) is 3. The Morgan fingerprint density at radius 3 is 2.36 bits per heavy atom. The van der Waals surface area contributed by atoms with E-state index in [1.54, 1.807) is 6.20 Å². The summed E-state index contributed by atoms with van der Waals surface area (Å²) in [5.41, 5.74) is 9.56. The molecule has 1 amide bonds. The quantitative estimate of drug-likeness (QED) is 0.525. The highest BCUT2D eigenvalue weighted by Crippen LogP contribution is 2.29. The summed E-state index contributed by atoms with van der Waals surface area (Å²) in [6, 6.07) is 5.72. The van der Waals surface area contributed by atoms with E-state index in [4.69, 9.17) is 5.73 Å². The van der Waals surface area contributed by atoms with Crippen LogP contribution in [0.5, 0.6) is 0 Å². The third-order valence-electron chi connectivity index (χ3n) is 6.29. The number of carbonyl (C=O) groups excluding carboxylic acids is 1. The van der Waals surface area contributed by atoms with Gasteiger partial charge in [0, 0.05) is 87.8 Å². The van der Waals surface area contributed by atoms with Crippen LogP contribution in [0, 0.1) is 0 Å². The van der Waals surface area contributed by atoms with Gasteiger partial charge in [0.25, 0.3) is 5.91 Å². The molecule has 33 heavy (non-hydrogen) atoms. The van der Waals surface area contributed by atoms with Gasteiger partial charge in [0.1, 0.15) is 5.82 Å². The number of amides is 1. The summed E-state index contributed by atoms with van der Waals surface area (Å²) in [4.78, 5) is 35.9. The number of nitrogens with zero attached hydrogens (tertiary/aromatic N) is 6. The van der Waals surface area contributed by atoms with E-state index in [2.05, 4.69) is 47.0 Å². The van der Waals surface area contributed by atoms with Gasteiger partial charge in [-0.2, -0.15) is 0 Å². The van der Waals surface area contributed by atoms with Crippen LogP contribution < -0.4 is 20.9 Å². The van der Waals surface area contributed by atoms with Crippen LogP contribution in [0.3, 0.4) is 0 Å². The molecule has 2 aliphatic rings. The summed E-state index contributed by atoms with van der Waals surface area (Å²) < 4.78 is 0. The molecule has 3 aromatic rings. The molecule has 0 saturated carbocycles. The third-order valence-corrected chi connectivity index (χ3v) is 6.29. The molecular formula is C23H29N9O. The van der Waals surface area contributed by atoms with Gasteiger partial charge in [-0.25, -0.2) is 9.97 Å². The Labute approximate surface area is 192 Å². The SMILES string of the molecule is CN1CCN(c2ncc(-c3cc(-c4cc(C(N)=O)c(N5CCNCC5)[nH]4)ccn3)cn2)CC1. The molecule has 0 spiro atoms. The van der Waals surface area contributed by atoms with Crippen molar-refractivity contribution in [2.75, 3.05) is 69.2 Å². The van der Waals surface area contributed by atoms with Gasteiger partial charge in [-0.3, -0.25) is 9.78 Å². The van der Waals surface area contributed by atoms with Crippen molar-refractivity contribution in [3.8, 4) is 22.5 Å². The molecule has 5 rings (SSSR count). The highest BCUT2D eigenvalue weighted by atomic mass is 16.1. The first kappa shape index (κ1) is 21.4. The monoisotopic (exact) mass is 447 g/mol. The fourth-order valence-corrected chi connectivity index (χ4v) is 4.30. The Bertz CT molecular complexity index is 1110. The maximum atomic E-state index is 12.1. The second-order valence-electron chi connectivity index (χ2n) is 8.54. The second-order valence-corrected chi connectivity index (χ2v) is 8.54. The molecule has 10 heteroatoms. The van der Waals surface area contributed by atoms with E-state index in [0.717, 1.165) is 86.6 Å². The zero-order chi connectivity index (χ0) is 22.8. The highest BCUT2D eigenvalue weighted by molar-refractivity contribution is 5.99. The van der Waals surface area contributed by atoms with E-state index in [-0.39, 0.29) is 0 Å². The maximum absolute atomic E-state index is 12.1. The molecule has 2 saturated heterocycles. The Hall–Kier alpha value is -3.50. The number of hydrogen-bond acceptors (Lipinski definition) is 8. The Kier molecular flexibility index (Phi) is 5.93. The van der Waals surface area contributed by atoms with Crippen molar-refractivity contribution < 1.29 is 4.79 Å². The van der Waals surface area contributed by atoms with Crippen LogP contribution in [0.2, 0.25) is 0 Å². The van der Waals surface area contributed by atoms with Gasteiger partial charge in [-0.05, 0) is 25.2 Å². The molecule has 0 aromatic carbocycles. The number of pyridine rings is 1. The summed E-state index contributed by atoms with van der Waals surface area (Å²) >= 11 is 0. The molecule has 10 nitrogen and oxygen atoms in total. The number of H-pyrrole nitrogens is 1. The molecule has 0 unspecified atom stereocenters. The van der Waals surface area contributed by atoms with E-state index < -0.39 is 5.91 Å². The molecule has 0 radical (unpaired) electrons. The molecule has 172 valence electrons. The zero-order valence-corrected chi connectivity index (χ0v) is 18.8. The molecule has 3 aromatic heterocycles. The normalized spacial score (nSPS) is 17.4. The lowest BCUT2D eigenvalue weighted by Crippen LogP contribution is -2.45. The molecule has 2 aliphatic heterocycles. The lowest BCUT2D eigenvalue weighted by Gasteiger charge is -2.32. The number of primary amides is 1. The number of aromatic amines is 1. The molecule has 0 bridgehead atoms. The van der Waals surface area contributed by atoms with E-state index in [1.165, 1.54) is 0 Å². The molecule has 0 aliphatic carbocycles. The summed E-state index contributed by atoms with van der Waals surface area (Å²) in [6.45, 7) is 7.24. The summed E-state index contributed by atoms with van der Waals surface area (Å²) in [7, 11) is 2.13. The van der Waals surface area contributed by atoms with Gasteiger partial charge in [-0.1, -0.05) is 0 Å². The number of carbonyl (C=O) groups is 1. The van der Waals surface area contributed by atoms with Gasteiger partial charge < -0.3 is 30.7 Å². The molecule has 5 heterocycles. The van der Waals surface area contributed by atoms with Crippen LogP contribution in [-0.4, -0.2) is 90.1 Å². The predicted molar refractivity (Wildman–Crippen MR) is 128 cm³/mol. The average molecular weight is 448 g/mol. The Morgan fingerprint density at radius 1 is 0.939 bits per heavy atom. The summed E-state index contributed by atoms with van der Waals surface area (Å²) in [5, 5.41) is 3.33. The predicted octanol–water partition coefficient (Wildman–Crippen LogP) is 0.794. The number of nitrogens with one attached hydrogen (secondary N) is 2. The number of likely N-dealkylation sites (N-methyl/N-ethyl adjacent to an activating group) is 1. The van der Waals surface area contributed by atoms with Crippen LogP contribution in [0.1, 0.15) is 10.4 Å². The fourth-order valence-electron chi connectivity index (χ4n) is 4.30. The molecule has 2 fully saturated rings. The first-order valence-corrected chi connectivity index (χ1v) is 11.3. The standard InChI is InChI=1S/C23H29N9O/c1-30-8-10-32(11-9-30)23-27-14-17(15-28-23)19-12-16(2-3-26-19)20-13-18(21(24)33)22(29-20)31-6-4-25-5-7-31/h2-3,12-15,25,29H,4-11H2,1H3,(H2,24,33). The first-order valence-electron chi connectivity index (χ1n) is 11.3. The smallest absolute Gasteiger partial charge is 0.252 e. The van der Waals surface area contributed by atoms with E-state index in [0.29, 0.717) is 5.56 Å². The zero-order valence-electron chi connectivity index (χ0n) is 18.8. The van der Waals surface area contributed by atoms with Gasteiger partial charge in [0.05, 0.1) is 11.3 Å². The number of rotatable bonds is 5. The maximum Gasteiger partial charge on any atom is 0.252 e. The van der Waals surface area contributed by atoms with Crippen LogP contribution in [0.15, 0.2) is 36.8 Å². The second kappa shape index (κ2) is 9.16. The fraction of sp³-hybridized carbons (Fsp3) is 0.391. The van der Waals surface area contributed by atoms with Gasteiger partial charge in [-0.15, -0.1) is 0 Å². The summed E-state index contributed by atoms with van der Waals surface area (Å²) in [5.74, 6) is 1.09. The third kappa shape index (κ3) is 4.53. The Balaban J connectivity index is 1.40. The van der Waals surface area contributed by atoms with Crippen LogP contribution in [0.25, 0.3) is 22.5 Å². The van der Waals surface area contributed by atoms with Crippen LogP contribution >= 0.6 is 0 Å². The minimum Gasteiger partial charge on any atom is -0.365 e. The van der Waals surface area contributed by atoms with Gasteiger partial charge in [0.15, 0.2) is 0 Å². The Morgan fingerprint density at radius 2 is 1.67 bits per heavy atom. The lowest BCUT2D eigenvalue weighted by molar-refractivity contribution is 0.100. The van der Waals surface area contributed by atoms with Crippen molar-refractivity contribution >= 4 is 17.7 Å². The number of piperazine rings is 2. The number of aromatic nitrogens is 4. The van der Waals surface area contributed by atoms with Crippen molar-refractivity contribution in [1.82, 2.24) is 30.2 Å². The van der Waals surface area contributed by atoms with Crippen molar-refractivity contribution in [2.24, 2.45) is 5.73 Å². The molecule has 0 atom stereocenters. The van der Waals surface area contributed by atoms with Crippen molar-refractivity contribution in [2.45, 2.75) is 0 Å². The van der Waals surface area contributed by atoms with Crippen LogP contribution in [0.4, 0.5) is 11.8 Å². The van der Waals surface area contributed by atoms with E-state index >= 15 is 0 Å². The average Bonchev–Trinajstić information content (AvgIpc) is 3.32.